The maximum Gasteiger partial charge on any atom is 0.00958 e. The number of allylic oxidation sites excluding steroid dienone is 4. The van der Waals surface area contributed by atoms with Crippen molar-refractivity contribution in [3.8, 4) is 0 Å². The fourth-order valence-electron chi connectivity index (χ4n) is 2.78. The Morgan fingerprint density at radius 1 is 1.11 bits per heavy atom. The van der Waals surface area contributed by atoms with E-state index in [-0.39, 0.29) is 0 Å². The van der Waals surface area contributed by atoms with Crippen molar-refractivity contribution in [1.82, 2.24) is 0 Å². The van der Waals surface area contributed by atoms with Gasteiger partial charge in [0.25, 0.3) is 0 Å². The Morgan fingerprint density at radius 2 is 1.78 bits per heavy atom. The van der Waals surface area contributed by atoms with Crippen LogP contribution in [0.2, 0.25) is 0 Å². The number of fused-ring (bicyclic) bond motifs is 3. The van der Waals surface area contributed by atoms with Gasteiger partial charge in [-0.15, -0.1) is 13.2 Å². The van der Waals surface area contributed by atoms with E-state index >= 15 is 0 Å². The number of hydrogen-bond donors (Lipinski definition) is 0. The highest BCUT2D eigenvalue weighted by Gasteiger charge is 2.30. The zero-order chi connectivity index (χ0) is 13.5. The summed E-state index contributed by atoms with van der Waals surface area (Å²) in [6.45, 7) is 12.3. The zero-order valence-electron chi connectivity index (χ0n) is 11.9. The summed E-state index contributed by atoms with van der Waals surface area (Å²) in [7, 11) is 0. The molecule has 3 rings (SSSR count). The molecule has 0 amide bonds. The molecule has 1 atom stereocenters. The second-order valence-corrected chi connectivity index (χ2v) is 4.06. The summed E-state index contributed by atoms with van der Waals surface area (Å²) in [5.41, 5.74) is 6.09. The lowest BCUT2D eigenvalue weighted by molar-refractivity contribution is 0.797. The van der Waals surface area contributed by atoms with Crippen LogP contribution in [0.5, 0.6) is 0 Å². The molecule has 0 spiro atoms. The van der Waals surface area contributed by atoms with Crippen molar-refractivity contribution in [2.45, 2.75) is 39.5 Å². The average molecular weight is 240 g/mol. The van der Waals surface area contributed by atoms with Gasteiger partial charge in [0.2, 0.25) is 0 Å². The SMILES string of the molecule is C=C.CC.CCC1C2=CCC=C2c2ccccc21. The van der Waals surface area contributed by atoms with Gasteiger partial charge in [0.05, 0.1) is 0 Å². The Labute approximate surface area is 112 Å². The molecule has 0 nitrogen and oxygen atoms in total. The van der Waals surface area contributed by atoms with Crippen LogP contribution in [0.25, 0.3) is 5.57 Å². The molecule has 0 aromatic heterocycles. The average Bonchev–Trinajstić information content (AvgIpc) is 3.03. The second kappa shape index (κ2) is 7.00. The third-order valence-corrected chi connectivity index (χ3v) is 3.38. The van der Waals surface area contributed by atoms with Crippen molar-refractivity contribution in [1.29, 1.82) is 0 Å². The minimum atomic E-state index is 0.667. The molecule has 2 aliphatic rings. The molecule has 1 aromatic carbocycles. The molecule has 0 N–H and O–H groups in total. The molecule has 96 valence electrons. The molecular weight excluding hydrogens is 216 g/mol. The topological polar surface area (TPSA) is 0 Å². The third-order valence-electron chi connectivity index (χ3n) is 3.38. The van der Waals surface area contributed by atoms with E-state index in [0.29, 0.717) is 5.92 Å². The van der Waals surface area contributed by atoms with Gasteiger partial charge in [-0.2, -0.15) is 0 Å². The van der Waals surface area contributed by atoms with E-state index < -0.39 is 0 Å². The molecule has 0 bridgehead atoms. The van der Waals surface area contributed by atoms with E-state index in [9.17, 15) is 0 Å². The summed E-state index contributed by atoms with van der Waals surface area (Å²) in [6, 6.07) is 8.84. The Balaban J connectivity index is 0.000000371. The molecule has 0 saturated carbocycles. The highest BCUT2D eigenvalue weighted by atomic mass is 14.3. The van der Waals surface area contributed by atoms with Crippen LogP contribution in [-0.2, 0) is 0 Å². The van der Waals surface area contributed by atoms with Gasteiger partial charge in [-0.3, -0.25) is 0 Å². The summed E-state index contributed by atoms with van der Waals surface area (Å²) < 4.78 is 0. The number of rotatable bonds is 1. The summed E-state index contributed by atoms with van der Waals surface area (Å²) in [5, 5.41) is 0. The van der Waals surface area contributed by atoms with E-state index in [0.717, 1.165) is 6.42 Å². The van der Waals surface area contributed by atoms with Gasteiger partial charge in [0, 0.05) is 5.92 Å². The smallest absolute Gasteiger partial charge is 0.00958 e. The van der Waals surface area contributed by atoms with Crippen LogP contribution in [0.1, 0.15) is 50.7 Å². The van der Waals surface area contributed by atoms with Gasteiger partial charge in [-0.1, -0.05) is 57.2 Å². The Hall–Kier alpha value is -1.56. The summed E-state index contributed by atoms with van der Waals surface area (Å²) in [4.78, 5) is 0. The first-order chi connectivity index (χ1) is 8.92. The molecule has 0 aliphatic heterocycles. The second-order valence-electron chi connectivity index (χ2n) is 4.06. The zero-order valence-corrected chi connectivity index (χ0v) is 11.9. The molecule has 0 heterocycles. The standard InChI is InChI=1S/C14H14.C2H6.C2H4/c1-2-10-11-6-3-4-7-13(11)14-9-5-8-12(10)14;2*1-2/h3-4,6-10H,2,5H2,1H3;1-2H3;1-2H2. The highest BCUT2D eigenvalue weighted by Crippen LogP contribution is 2.49. The summed E-state index contributed by atoms with van der Waals surface area (Å²) in [5.74, 6) is 0.667. The molecule has 0 saturated heterocycles. The molecule has 2 aliphatic carbocycles. The van der Waals surface area contributed by atoms with Crippen LogP contribution in [0.3, 0.4) is 0 Å². The lowest BCUT2D eigenvalue weighted by atomic mass is 9.95. The lowest BCUT2D eigenvalue weighted by Crippen LogP contribution is -1.92. The van der Waals surface area contributed by atoms with Crippen LogP contribution < -0.4 is 0 Å². The fraction of sp³-hybridized carbons (Fsp3) is 0.333. The van der Waals surface area contributed by atoms with Crippen LogP contribution >= 0.6 is 0 Å². The third kappa shape index (κ3) is 2.33. The van der Waals surface area contributed by atoms with Gasteiger partial charge in [0.15, 0.2) is 0 Å². The first kappa shape index (κ1) is 14.5. The maximum absolute atomic E-state index is 3.00. The van der Waals surface area contributed by atoms with Crippen molar-refractivity contribution < 1.29 is 0 Å². The Morgan fingerprint density at radius 3 is 2.44 bits per heavy atom. The first-order valence-electron chi connectivity index (χ1n) is 6.91. The van der Waals surface area contributed by atoms with Gasteiger partial charge in [0.1, 0.15) is 0 Å². The van der Waals surface area contributed by atoms with Crippen LogP contribution in [0.15, 0.2) is 55.1 Å². The fourth-order valence-corrected chi connectivity index (χ4v) is 2.78. The summed E-state index contributed by atoms with van der Waals surface area (Å²) in [6.07, 6.45) is 7.11. The van der Waals surface area contributed by atoms with Crippen LogP contribution in [0.4, 0.5) is 0 Å². The molecule has 0 radical (unpaired) electrons. The molecule has 0 fully saturated rings. The Bertz CT molecular complexity index is 449. The normalized spacial score (nSPS) is 18.3. The minimum Gasteiger partial charge on any atom is -0.106 e. The van der Waals surface area contributed by atoms with E-state index in [4.69, 9.17) is 0 Å². The van der Waals surface area contributed by atoms with Crippen molar-refractivity contribution >= 4 is 5.57 Å². The summed E-state index contributed by atoms with van der Waals surface area (Å²) >= 11 is 0. The minimum absolute atomic E-state index is 0.667. The van der Waals surface area contributed by atoms with Crippen LogP contribution in [-0.4, -0.2) is 0 Å². The van der Waals surface area contributed by atoms with Crippen LogP contribution in [0, 0.1) is 0 Å². The van der Waals surface area contributed by atoms with Gasteiger partial charge >= 0.3 is 0 Å². The highest BCUT2D eigenvalue weighted by molar-refractivity contribution is 5.89. The quantitative estimate of drug-likeness (QED) is 0.549. The van der Waals surface area contributed by atoms with Crippen molar-refractivity contribution in [2.24, 2.45) is 0 Å². The van der Waals surface area contributed by atoms with E-state index in [1.807, 2.05) is 13.8 Å². The largest absolute Gasteiger partial charge is 0.106 e. The molecule has 1 unspecified atom stereocenters. The predicted octanol–water partition coefficient (Wildman–Crippen LogP) is 5.74. The Kier molecular flexibility index (Phi) is 5.64. The monoisotopic (exact) mass is 240 g/mol. The predicted molar refractivity (Wildman–Crippen MR) is 82.8 cm³/mol. The van der Waals surface area contributed by atoms with Gasteiger partial charge in [-0.25, -0.2) is 0 Å². The molecular formula is C18H24. The van der Waals surface area contributed by atoms with E-state index in [2.05, 4.69) is 56.5 Å². The first-order valence-corrected chi connectivity index (χ1v) is 6.91. The molecule has 0 heteroatoms. The van der Waals surface area contributed by atoms with Crippen molar-refractivity contribution in [3.05, 3.63) is 66.3 Å². The number of hydrogen-bond acceptors (Lipinski definition) is 0. The van der Waals surface area contributed by atoms with Gasteiger partial charge < -0.3 is 0 Å². The molecule has 1 aromatic rings. The maximum atomic E-state index is 3.00. The van der Waals surface area contributed by atoms with E-state index in [1.165, 1.54) is 23.1 Å². The van der Waals surface area contributed by atoms with E-state index in [1.54, 1.807) is 5.57 Å². The van der Waals surface area contributed by atoms with Gasteiger partial charge in [-0.05, 0) is 35.1 Å². The number of benzene rings is 1. The molecule has 18 heavy (non-hydrogen) atoms. The lowest BCUT2D eigenvalue weighted by Gasteiger charge is -2.08. The van der Waals surface area contributed by atoms with Crippen molar-refractivity contribution in [2.75, 3.05) is 0 Å². The van der Waals surface area contributed by atoms with Crippen molar-refractivity contribution in [3.63, 3.8) is 0 Å².